The molecule has 1 aromatic heterocycles. The molecule has 0 fully saturated rings. The minimum absolute atomic E-state index is 0.0619. The second-order valence-electron chi connectivity index (χ2n) is 4.01. The maximum absolute atomic E-state index is 11.3. The number of esters is 1. The smallest absolute Gasteiger partial charge is 0.331 e. The zero-order valence-electron chi connectivity index (χ0n) is 10.8. The van der Waals surface area contributed by atoms with E-state index in [1.165, 1.54) is 12.2 Å². The Hall–Kier alpha value is -2.15. The van der Waals surface area contributed by atoms with Crippen LogP contribution in [0.25, 0.3) is 17.4 Å². The Morgan fingerprint density at radius 2 is 2.00 bits per heavy atom. The molecule has 0 saturated heterocycles. The van der Waals surface area contributed by atoms with Gasteiger partial charge in [-0.25, -0.2) is 4.79 Å². The third kappa shape index (κ3) is 4.42. The number of terminal acetylenes is 1. The Bertz CT molecular complexity index is 703. The van der Waals surface area contributed by atoms with Crippen LogP contribution < -0.4 is 0 Å². The number of carbonyl (C=O) groups is 1. The summed E-state index contributed by atoms with van der Waals surface area (Å²) in [6.45, 7) is -0.0619. The molecule has 1 heterocycles. The normalized spacial score (nSPS) is 10.5. The standard InChI is InChI=1S/C16H10Cl2O3/c1-2-7-20-16(19)6-4-14-3-5-15(21-14)11-8-12(17)10-13(18)9-11/h1,3-6,8-10H,7H2/b6-4+. The molecule has 0 aliphatic rings. The second kappa shape index (κ2) is 7.03. The summed E-state index contributed by atoms with van der Waals surface area (Å²) in [6, 6.07) is 8.59. The fourth-order valence-electron chi connectivity index (χ4n) is 1.60. The Morgan fingerprint density at radius 1 is 1.29 bits per heavy atom. The van der Waals surface area contributed by atoms with Crippen LogP contribution >= 0.6 is 23.2 Å². The molecule has 0 radical (unpaired) electrons. The molecule has 3 nitrogen and oxygen atoms in total. The van der Waals surface area contributed by atoms with E-state index in [9.17, 15) is 4.79 Å². The van der Waals surface area contributed by atoms with E-state index in [1.54, 1.807) is 30.3 Å². The largest absolute Gasteiger partial charge is 0.457 e. The van der Waals surface area contributed by atoms with Gasteiger partial charge in [-0.15, -0.1) is 6.42 Å². The van der Waals surface area contributed by atoms with Crippen molar-refractivity contribution in [2.75, 3.05) is 6.61 Å². The molecule has 0 amide bonds. The van der Waals surface area contributed by atoms with Crippen molar-refractivity contribution in [2.24, 2.45) is 0 Å². The third-order valence-corrected chi connectivity index (χ3v) is 2.89. The van der Waals surface area contributed by atoms with Gasteiger partial charge in [-0.2, -0.15) is 0 Å². The van der Waals surface area contributed by atoms with E-state index in [0.717, 1.165) is 5.56 Å². The van der Waals surface area contributed by atoms with Crippen LogP contribution in [0, 0.1) is 12.3 Å². The Kier molecular flexibility index (Phi) is 5.10. The number of carbonyl (C=O) groups excluding carboxylic acids is 1. The number of rotatable bonds is 4. The second-order valence-corrected chi connectivity index (χ2v) is 4.88. The van der Waals surface area contributed by atoms with Crippen molar-refractivity contribution in [1.29, 1.82) is 0 Å². The monoisotopic (exact) mass is 320 g/mol. The lowest BCUT2D eigenvalue weighted by Crippen LogP contribution is -1.99. The number of halogens is 2. The topological polar surface area (TPSA) is 39.4 Å². The fraction of sp³-hybridized carbons (Fsp3) is 0.0625. The van der Waals surface area contributed by atoms with Crippen LogP contribution in [0.2, 0.25) is 10.0 Å². The number of hydrogen-bond donors (Lipinski definition) is 0. The summed E-state index contributed by atoms with van der Waals surface area (Å²) in [5.41, 5.74) is 0.752. The van der Waals surface area contributed by atoms with Gasteiger partial charge in [0.1, 0.15) is 11.5 Å². The van der Waals surface area contributed by atoms with Crippen LogP contribution in [0.5, 0.6) is 0 Å². The predicted molar refractivity (Wildman–Crippen MR) is 83.0 cm³/mol. The minimum atomic E-state index is -0.531. The molecule has 0 bridgehead atoms. The lowest BCUT2D eigenvalue weighted by atomic mass is 10.2. The van der Waals surface area contributed by atoms with Crippen molar-refractivity contribution in [3.8, 4) is 23.7 Å². The highest BCUT2D eigenvalue weighted by atomic mass is 35.5. The lowest BCUT2D eigenvalue weighted by Gasteiger charge is -1.99. The third-order valence-electron chi connectivity index (χ3n) is 2.46. The highest BCUT2D eigenvalue weighted by molar-refractivity contribution is 6.35. The van der Waals surface area contributed by atoms with E-state index >= 15 is 0 Å². The van der Waals surface area contributed by atoms with Crippen LogP contribution in [0.3, 0.4) is 0 Å². The number of benzene rings is 1. The molecule has 21 heavy (non-hydrogen) atoms. The first-order valence-corrected chi connectivity index (χ1v) is 6.68. The molecular formula is C16H10Cl2O3. The summed E-state index contributed by atoms with van der Waals surface area (Å²) in [6.07, 6.45) is 7.72. The summed E-state index contributed by atoms with van der Waals surface area (Å²) in [7, 11) is 0. The van der Waals surface area contributed by atoms with Gasteiger partial charge in [0.15, 0.2) is 6.61 Å². The van der Waals surface area contributed by atoms with Crippen LogP contribution in [-0.2, 0) is 9.53 Å². The molecule has 1 aromatic carbocycles. The van der Waals surface area contributed by atoms with Crippen molar-refractivity contribution in [3.05, 3.63) is 52.2 Å². The summed E-state index contributed by atoms with van der Waals surface area (Å²) in [5, 5.41) is 1.03. The van der Waals surface area contributed by atoms with Gasteiger partial charge in [-0.1, -0.05) is 29.1 Å². The molecule has 2 rings (SSSR count). The minimum Gasteiger partial charge on any atom is -0.457 e. The molecule has 5 heteroatoms. The van der Waals surface area contributed by atoms with Crippen LogP contribution in [0.4, 0.5) is 0 Å². The first-order chi connectivity index (χ1) is 10.1. The van der Waals surface area contributed by atoms with Crippen molar-refractivity contribution in [3.63, 3.8) is 0 Å². The number of furan rings is 1. The van der Waals surface area contributed by atoms with Crippen molar-refractivity contribution in [2.45, 2.75) is 0 Å². The zero-order valence-corrected chi connectivity index (χ0v) is 12.3. The number of hydrogen-bond acceptors (Lipinski definition) is 3. The SMILES string of the molecule is C#CCOC(=O)/C=C/c1ccc(-c2cc(Cl)cc(Cl)c2)o1. The molecule has 0 aliphatic carbocycles. The number of ether oxygens (including phenoxy) is 1. The van der Waals surface area contributed by atoms with Crippen LogP contribution in [-0.4, -0.2) is 12.6 Å². The fourth-order valence-corrected chi connectivity index (χ4v) is 2.13. The first-order valence-electron chi connectivity index (χ1n) is 5.93. The van der Waals surface area contributed by atoms with Gasteiger partial charge < -0.3 is 9.15 Å². The van der Waals surface area contributed by atoms with Gasteiger partial charge >= 0.3 is 5.97 Å². The molecular weight excluding hydrogens is 311 g/mol. The molecule has 0 saturated carbocycles. The lowest BCUT2D eigenvalue weighted by molar-refractivity contribution is -0.136. The average Bonchev–Trinajstić information content (AvgIpc) is 2.90. The predicted octanol–water partition coefficient (Wildman–Crippen LogP) is 4.44. The quantitative estimate of drug-likeness (QED) is 0.475. The average molecular weight is 321 g/mol. The molecule has 0 N–H and O–H groups in total. The Labute approximate surface area is 132 Å². The van der Waals surface area contributed by atoms with Gasteiger partial charge in [0.05, 0.1) is 0 Å². The van der Waals surface area contributed by atoms with E-state index in [4.69, 9.17) is 38.8 Å². The van der Waals surface area contributed by atoms with Crippen molar-refractivity contribution in [1.82, 2.24) is 0 Å². The van der Waals surface area contributed by atoms with E-state index < -0.39 is 5.97 Å². The molecule has 0 aliphatic heterocycles. The van der Waals surface area contributed by atoms with Gasteiger partial charge in [0.25, 0.3) is 0 Å². The van der Waals surface area contributed by atoms with E-state index in [2.05, 4.69) is 5.92 Å². The molecule has 0 unspecified atom stereocenters. The molecule has 0 spiro atoms. The van der Waals surface area contributed by atoms with Gasteiger partial charge in [0.2, 0.25) is 0 Å². The molecule has 0 atom stereocenters. The van der Waals surface area contributed by atoms with Gasteiger partial charge in [-0.05, 0) is 36.4 Å². The van der Waals surface area contributed by atoms with E-state index in [1.807, 2.05) is 0 Å². The molecule has 2 aromatic rings. The summed E-state index contributed by atoms with van der Waals surface area (Å²) in [4.78, 5) is 11.3. The summed E-state index contributed by atoms with van der Waals surface area (Å²) < 4.78 is 10.3. The zero-order chi connectivity index (χ0) is 15.2. The maximum Gasteiger partial charge on any atom is 0.331 e. The summed E-state index contributed by atoms with van der Waals surface area (Å²) in [5.74, 6) is 2.77. The highest BCUT2D eigenvalue weighted by Gasteiger charge is 2.06. The van der Waals surface area contributed by atoms with Crippen molar-refractivity contribution < 1.29 is 13.9 Å². The van der Waals surface area contributed by atoms with Crippen molar-refractivity contribution >= 4 is 35.2 Å². The van der Waals surface area contributed by atoms with Crippen LogP contribution in [0.1, 0.15) is 5.76 Å². The van der Waals surface area contributed by atoms with E-state index in [-0.39, 0.29) is 6.61 Å². The Balaban J connectivity index is 2.13. The summed E-state index contributed by atoms with van der Waals surface area (Å²) >= 11 is 11.9. The molecule has 106 valence electrons. The Morgan fingerprint density at radius 3 is 2.67 bits per heavy atom. The van der Waals surface area contributed by atoms with Crippen LogP contribution in [0.15, 0.2) is 40.8 Å². The van der Waals surface area contributed by atoms with E-state index in [0.29, 0.717) is 21.6 Å². The maximum atomic E-state index is 11.3. The highest BCUT2D eigenvalue weighted by Crippen LogP contribution is 2.28. The van der Waals surface area contributed by atoms with Gasteiger partial charge in [0, 0.05) is 21.7 Å². The first kappa shape index (κ1) is 15.2. The van der Waals surface area contributed by atoms with Gasteiger partial charge in [-0.3, -0.25) is 0 Å².